The predicted molar refractivity (Wildman–Crippen MR) is 118 cm³/mol. The van der Waals surface area contributed by atoms with E-state index in [4.69, 9.17) is 0 Å². The van der Waals surface area contributed by atoms with Gasteiger partial charge in [-0.2, -0.15) is 17.6 Å². The van der Waals surface area contributed by atoms with E-state index >= 15 is 0 Å². The molecule has 0 amide bonds. The Balaban J connectivity index is 1.47. The van der Waals surface area contributed by atoms with Gasteiger partial charge < -0.3 is 0 Å². The van der Waals surface area contributed by atoms with E-state index in [1.807, 2.05) is 24.3 Å². The molecule has 0 bridgehead atoms. The Morgan fingerprint density at radius 1 is 0.875 bits per heavy atom. The lowest BCUT2D eigenvalue weighted by atomic mass is 9.77. The molecule has 174 valence electrons. The first-order chi connectivity index (χ1) is 15.2. The van der Waals surface area contributed by atoms with Gasteiger partial charge in [0.25, 0.3) is 0 Å². The fourth-order valence-corrected chi connectivity index (χ4v) is 5.43. The van der Waals surface area contributed by atoms with E-state index in [1.165, 1.54) is 63.0 Å². The molecule has 0 saturated heterocycles. The average molecular weight is 451 g/mol. The Bertz CT molecular complexity index is 924. The molecule has 0 heterocycles. The maximum Gasteiger partial charge on any atom is 0.338 e. The summed E-state index contributed by atoms with van der Waals surface area (Å²) < 4.78 is 70.2. The minimum atomic E-state index is -4.48. The highest BCUT2D eigenvalue weighted by Crippen LogP contribution is 2.51. The molecule has 5 heteroatoms. The van der Waals surface area contributed by atoms with E-state index in [-0.39, 0.29) is 12.0 Å². The zero-order valence-corrected chi connectivity index (χ0v) is 18.6. The van der Waals surface area contributed by atoms with Gasteiger partial charge in [-0.1, -0.05) is 62.9 Å². The molecule has 0 radical (unpaired) electrons. The third-order valence-electron chi connectivity index (χ3n) is 7.43. The molecule has 0 N–H and O–H groups in total. The molecular weight excluding hydrogens is 419 g/mol. The SMILES string of the molecule is CCCCCC1CCC(c2ccc(-c3cc(F)c4c(c3)CCC(F)(F)C4(F)F)cc2)CC1. The monoisotopic (exact) mass is 450 g/mol. The molecule has 0 aromatic heterocycles. The molecule has 0 unspecified atom stereocenters. The van der Waals surface area contributed by atoms with Crippen LogP contribution in [0.1, 0.15) is 87.3 Å². The summed E-state index contributed by atoms with van der Waals surface area (Å²) in [6, 6.07) is 10.3. The van der Waals surface area contributed by atoms with Crippen molar-refractivity contribution in [1.82, 2.24) is 0 Å². The molecule has 2 aromatic carbocycles. The van der Waals surface area contributed by atoms with Crippen LogP contribution in [0.15, 0.2) is 36.4 Å². The van der Waals surface area contributed by atoms with Gasteiger partial charge in [0.05, 0.1) is 5.56 Å². The standard InChI is InChI=1S/C27H31F5/c1-2-3-4-5-18-6-8-19(9-7-18)20-10-12-21(13-11-20)23-16-22-14-15-26(29,30)27(31,32)25(22)24(28)17-23/h10-13,16-19H,2-9,14-15H2,1H3. The van der Waals surface area contributed by atoms with Crippen LogP contribution in [0.2, 0.25) is 0 Å². The van der Waals surface area contributed by atoms with Crippen molar-refractivity contribution in [2.24, 2.45) is 5.92 Å². The van der Waals surface area contributed by atoms with Crippen LogP contribution in [-0.2, 0) is 12.3 Å². The van der Waals surface area contributed by atoms with Gasteiger partial charge in [0, 0.05) is 6.42 Å². The summed E-state index contributed by atoms with van der Waals surface area (Å²) >= 11 is 0. The molecular formula is C27H31F5. The normalized spacial score (nSPS) is 24.2. The van der Waals surface area contributed by atoms with Crippen molar-refractivity contribution in [3.05, 3.63) is 58.9 Å². The third-order valence-corrected chi connectivity index (χ3v) is 7.43. The molecule has 0 atom stereocenters. The number of unbranched alkanes of at least 4 members (excludes halogenated alkanes) is 2. The summed E-state index contributed by atoms with van der Waals surface area (Å²) in [6.45, 7) is 2.23. The Morgan fingerprint density at radius 3 is 2.22 bits per heavy atom. The lowest BCUT2D eigenvalue weighted by Crippen LogP contribution is -2.43. The summed E-state index contributed by atoms with van der Waals surface area (Å²) in [6.07, 6.45) is 8.83. The average Bonchev–Trinajstić information content (AvgIpc) is 2.77. The second kappa shape index (κ2) is 9.15. The molecule has 2 aromatic rings. The van der Waals surface area contributed by atoms with Gasteiger partial charge in [0.1, 0.15) is 5.82 Å². The minimum absolute atomic E-state index is 0.0265. The van der Waals surface area contributed by atoms with Crippen LogP contribution in [0.3, 0.4) is 0 Å². The molecule has 1 saturated carbocycles. The highest BCUT2D eigenvalue weighted by molar-refractivity contribution is 5.66. The fourth-order valence-electron chi connectivity index (χ4n) is 5.43. The number of aryl methyl sites for hydroxylation is 1. The lowest BCUT2D eigenvalue weighted by molar-refractivity contribution is -0.226. The van der Waals surface area contributed by atoms with Crippen molar-refractivity contribution >= 4 is 0 Å². The van der Waals surface area contributed by atoms with Gasteiger partial charge in [0.15, 0.2) is 0 Å². The van der Waals surface area contributed by atoms with Crippen LogP contribution in [0.5, 0.6) is 0 Å². The van der Waals surface area contributed by atoms with Crippen LogP contribution in [-0.4, -0.2) is 5.92 Å². The maximum absolute atomic E-state index is 14.6. The zero-order chi connectivity index (χ0) is 22.9. The fraction of sp³-hybridized carbons (Fsp3) is 0.556. The first kappa shape index (κ1) is 23.3. The number of hydrogen-bond acceptors (Lipinski definition) is 0. The quantitative estimate of drug-likeness (QED) is 0.304. The molecule has 2 aliphatic carbocycles. The summed E-state index contributed by atoms with van der Waals surface area (Å²) in [7, 11) is 0. The maximum atomic E-state index is 14.6. The number of hydrogen-bond donors (Lipinski definition) is 0. The molecule has 2 aliphatic rings. The molecule has 0 nitrogen and oxygen atoms in total. The van der Waals surface area contributed by atoms with Gasteiger partial charge in [-0.05, 0) is 72.3 Å². The van der Waals surface area contributed by atoms with Crippen molar-refractivity contribution in [3.8, 4) is 11.1 Å². The van der Waals surface area contributed by atoms with Crippen LogP contribution in [0, 0.1) is 11.7 Å². The molecule has 0 aliphatic heterocycles. The zero-order valence-electron chi connectivity index (χ0n) is 18.6. The van der Waals surface area contributed by atoms with Crippen LogP contribution in [0.4, 0.5) is 22.0 Å². The lowest BCUT2D eigenvalue weighted by Gasteiger charge is -2.33. The van der Waals surface area contributed by atoms with Crippen LogP contribution >= 0.6 is 0 Å². The van der Waals surface area contributed by atoms with E-state index in [0.29, 0.717) is 17.0 Å². The number of rotatable bonds is 6. The highest BCUT2D eigenvalue weighted by atomic mass is 19.3. The largest absolute Gasteiger partial charge is 0.338 e. The van der Waals surface area contributed by atoms with E-state index in [9.17, 15) is 22.0 Å². The van der Waals surface area contributed by atoms with Crippen molar-refractivity contribution in [2.45, 2.75) is 88.9 Å². The number of halogens is 5. The number of alkyl halides is 4. The second-order valence-electron chi connectivity index (χ2n) is 9.61. The summed E-state index contributed by atoms with van der Waals surface area (Å²) in [5.41, 5.74) is 1.24. The second-order valence-corrected chi connectivity index (χ2v) is 9.61. The van der Waals surface area contributed by atoms with Crippen molar-refractivity contribution in [1.29, 1.82) is 0 Å². The number of benzene rings is 2. The Morgan fingerprint density at radius 2 is 1.56 bits per heavy atom. The van der Waals surface area contributed by atoms with E-state index in [1.54, 1.807) is 0 Å². The van der Waals surface area contributed by atoms with E-state index in [2.05, 4.69) is 6.92 Å². The predicted octanol–water partition coefficient (Wildman–Crippen LogP) is 9.02. The third kappa shape index (κ3) is 4.45. The first-order valence-electron chi connectivity index (χ1n) is 11.9. The van der Waals surface area contributed by atoms with Gasteiger partial charge in [-0.15, -0.1) is 0 Å². The molecule has 0 spiro atoms. The number of fused-ring (bicyclic) bond motifs is 1. The summed E-state index contributed by atoms with van der Waals surface area (Å²) in [5.74, 6) is -8.61. The van der Waals surface area contributed by atoms with Gasteiger partial charge in [-0.3, -0.25) is 0 Å². The molecule has 4 rings (SSSR count). The smallest absolute Gasteiger partial charge is 0.206 e. The van der Waals surface area contributed by atoms with E-state index in [0.717, 1.165) is 12.0 Å². The topological polar surface area (TPSA) is 0 Å². The van der Waals surface area contributed by atoms with Crippen LogP contribution < -0.4 is 0 Å². The summed E-state index contributed by atoms with van der Waals surface area (Å²) in [4.78, 5) is 0. The van der Waals surface area contributed by atoms with Crippen molar-refractivity contribution in [3.63, 3.8) is 0 Å². The highest BCUT2D eigenvalue weighted by Gasteiger charge is 2.61. The molecule has 1 fully saturated rings. The minimum Gasteiger partial charge on any atom is -0.206 e. The van der Waals surface area contributed by atoms with Crippen LogP contribution in [0.25, 0.3) is 11.1 Å². The Hall–Kier alpha value is -1.91. The molecule has 32 heavy (non-hydrogen) atoms. The van der Waals surface area contributed by atoms with Crippen molar-refractivity contribution < 1.29 is 22.0 Å². The summed E-state index contributed by atoms with van der Waals surface area (Å²) in [5, 5.41) is 0. The van der Waals surface area contributed by atoms with Gasteiger partial charge >= 0.3 is 11.8 Å². The Labute approximate surface area is 187 Å². The first-order valence-corrected chi connectivity index (χ1v) is 11.9. The van der Waals surface area contributed by atoms with Gasteiger partial charge in [0.2, 0.25) is 0 Å². The van der Waals surface area contributed by atoms with Crippen molar-refractivity contribution in [2.75, 3.05) is 0 Å². The Kier molecular flexibility index (Phi) is 6.65. The van der Waals surface area contributed by atoms with E-state index < -0.39 is 29.6 Å². The van der Waals surface area contributed by atoms with Gasteiger partial charge in [-0.25, -0.2) is 4.39 Å².